The second-order valence-corrected chi connectivity index (χ2v) is 6.96. The van der Waals surface area contributed by atoms with E-state index in [2.05, 4.69) is 32.9 Å². The van der Waals surface area contributed by atoms with Crippen LogP contribution in [0.2, 0.25) is 0 Å². The lowest BCUT2D eigenvalue weighted by Gasteiger charge is -2.16. The molecule has 7 heteroatoms. The number of aromatic nitrogens is 3. The average molecular weight is 365 g/mol. The van der Waals surface area contributed by atoms with E-state index in [1.54, 1.807) is 23.2 Å². The zero-order valence-corrected chi connectivity index (χ0v) is 15.4. The molecular weight excluding hydrogens is 346 g/mol. The lowest BCUT2D eigenvalue weighted by atomic mass is 10.1. The Morgan fingerprint density at radius 1 is 1.27 bits per heavy atom. The summed E-state index contributed by atoms with van der Waals surface area (Å²) in [5.74, 6) is 1.14. The zero-order chi connectivity index (χ0) is 18.3. The monoisotopic (exact) mass is 365 g/mol. The fraction of sp³-hybridized carbons (Fsp3) is 0.211. The van der Waals surface area contributed by atoms with Gasteiger partial charge in [-0.1, -0.05) is 6.07 Å². The predicted octanol–water partition coefficient (Wildman–Crippen LogP) is 3.79. The number of carbonyl (C=O) groups excluding carboxylic acids is 1. The van der Waals surface area contributed by atoms with Gasteiger partial charge in [-0.3, -0.25) is 4.79 Å². The van der Waals surface area contributed by atoms with Crippen molar-refractivity contribution >= 4 is 45.0 Å². The number of hydrogen-bond acceptors (Lipinski definition) is 5. The first-order chi connectivity index (χ1) is 12.6. The van der Waals surface area contributed by atoms with Crippen molar-refractivity contribution in [3.8, 4) is 11.1 Å². The van der Waals surface area contributed by atoms with E-state index in [9.17, 15) is 4.79 Å². The minimum atomic E-state index is 0.0179. The number of rotatable bonds is 4. The first-order valence-electron chi connectivity index (χ1n) is 8.42. The molecule has 26 heavy (non-hydrogen) atoms. The van der Waals surface area contributed by atoms with E-state index in [0.717, 1.165) is 27.5 Å². The molecular formula is C19H19N5OS. The van der Waals surface area contributed by atoms with E-state index in [-0.39, 0.29) is 5.91 Å². The summed E-state index contributed by atoms with van der Waals surface area (Å²) in [6, 6.07) is 8.23. The third-order valence-electron chi connectivity index (χ3n) is 4.52. The fourth-order valence-corrected chi connectivity index (χ4v) is 3.79. The number of nitrogens with two attached hydrogens (primary N) is 1. The van der Waals surface area contributed by atoms with Crippen molar-refractivity contribution in [2.24, 2.45) is 0 Å². The summed E-state index contributed by atoms with van der Waals surface area (Å²) < 4.78 is 0. The Balaban J connectivity index is 1.83. The van der Waals surface area contributed by atoms with Crippen LogP contribution in [-0.4, -0.2) is 32.3 Å². The molecule has 0 aliphatic carbocycles. The van der Waals surface area contributed by atoms with Gasteiger partial charge >= 0.3 is 0 Å². The number of H-pyrrole nitrogens is 1. The number of nitrogens with one attached hydrogen (secondary N) is 1. The van der Waals surface area contributed by atoms with Gasteiger partial charge in [-0.15, -0.1) is 0 Å². The van der Waals surface area contributed by atoms with Gasteiger partial charge in [0, 0.05) is 18.9 Å². The van der Waals surface area contributed by atoms with Crippen molar-refractivity contribution in [2.75, 3.05) is 12.3 Å². The first-order valence-corrected chi connectivity index (χ1v) is 9.37. The molecule has 0 radical (unpaired) electrons. The molecule has 1 amide bonds. The lowest BCUT2D eigenvalue weighted by molar-refractivity contribution is -0.129. The number of carbonyl (C=O) groups is 1. The van der Waals surface area contributed by atoms with E-state index >= 15 is 0 Å². The highest BCUT2D eigenvalue weighted by atomic mass is 32.1. The van der Waals surface area contributed by atoms with E-state index in [4.69, 9.17) is 10.7 Å². The second-order valence-electron chi connectivity index (χ2n) is 6.18. The van der Waals surface area contributed by atoms with Crippen LogP contribution in [0.4, 0.5) is 5.82 Å². The molecule has 3 heterocycles. The number of imidazole rings is 1. The van der Waals surface area contributed by atoms with Gasteiger partial charge in [0.2, 0.25) is 5.91 Å². The summed E-state index contributed by atoms with van der Waals surface area (Å²) in [4.78, 5) is 25.9. The summed E-state index contributed by atoms with van der Waals surface area (Å²) in [7, 11) is 0. The number of nitrogens with zero attached hydrogens (tertiary/aromatic N) is 3. The largest absolute Gasteiger partial charge is 0.382 e. The van der Waals surface area contributed by atoms with Gasteiger partial charge in [0.25, 0.3) is 0 Å². The van der Waals surface area contributed by atoms with Crippen LogP contribution in [0.25, 0.3) is 33.1 Å². The molecule has 3 N–H and O–H groups in total. The highest BCUT2D eigenvalue weighted by Gasteiger charge is 2.15. The van der Waals surface area contributed by atoms with Crippen LogP contribution in [0.15, 0.2) is 35.0 Å². The molecule has 132 valence electrons. The maximum atomic E-state index is 11.7. The predicted molar refractivity (Wildman–Crippen MR) is 106 cm³/mol. The lowest BCUT2D eigenvalue weighted by Crippen LogP contribution is -2.28. The van der Waals surface area contributed by atoms with Gasteiger partial charge < -0.3 is 15.6 Å². The van der Waals surface area contributed by atoms with Crippen molar-refractivity contribution in [1.82, 2.24) is 19.9 Å². The second kappa shape index (κ2) is 6.42. The Labute approximate surface area is 154 Å². The van der Waals surface area contributed by atoms with E-state index in [1.165, 1.54) is 5.56 Å². The van der Waals surface area contributed by atoms with Crippen LogP contribution in [-0.2, 0) is 11.3 Å². The van der Waals surface area contributed by atoms with Crippen molar-refractivity contribution in [3.63, 3.8) is 0 Å². The van der Waals surface area contributed by atoms with E-state index in [0.29, 0.717) is 24.7 Å². The minimum Gasteiger partial charge on any atom is -0.382 e. The molecule has 0 spiro atoms. The maximum Gasteiger partial charge on any atom is 0.219 e. The minimum absolute atomic E-state index is 0.0179. The highest BCUT2D eigenvalue weighted by molar-refractivity contribution is 7.08. The molecule has 0 saturated carbocycles. The number of fused-ring (bicyclic) bond motifs is 3. The molecule has 6 nitrogen and oxygen atoms in total. The van der Waals surface area contributed by atoms with Crippen LogP contribution < -0.4 is 5.73 Å². The molecule has 0 saturated heterocycles. The number of nitrogen functional groups attached to an aromatic ring is 1. The zero-order valence-electron chi connectivity index (χ0n) is 14.6. The number of hydrogen-bond donors (Lipinski definition) is 2. The summed E-state index contributed by atoms with van der Waals surface area (Å²) in [6.07, 6.45) is 0. The number of aromatic amines is 1. The molecule has 0 unspecified atom stereocenters. The molecule has 0 fully saturated rings. The van der Waals surface area contributed by atoms with Crippen LogP contribution >= 0.6 is 11.3 Å². The van der Waals surface area contributed by atoms with Crippen molar-refractivity contribution in [1.29, 1.82) is 0 Å². The van der Waals surface area contributed by atoms with Gasteiger partial charge in [-0.25, -0.2) is 9.97 Å². The first kappa shape index (κ1) is 16.5. The van der Waals surface area contributed by atoms with Crippen LogP contribution in [0.1, 0.15) is 19.7 Å². The number of amides is 1. The summed E-state index contributed by atoms with van der Waals surface area (Å²) >= 11 is 1.66. The van der Waals surface area contributed by atoms with Gasteiger partial charge in [-0.05, 0) is 47.0 Å². The topological polar surface area (TPSA) is 87.9 Å². The number of anilines is 1. The Kier molecular flexibility index (Phi) is 4.08. The van der Waals surface area contributed by atoms with Gasteiger partial charge in [0.05, 0.1) is 12.1 Å². The van der Waals surface area contributed by atoms with Gasteiger partial charge in [0.1, 0.15) is 22.7 Å². The molecule has 1 aromatic carbocycles. The Morgan fingerprint density at radius 2 is 2.12 bits per heavy atom. The molecule has 0 aliphatic rings. The Bertz CT molecular complexity index is 1100. The summed E-state index contributed by atoms with van der Waals surface area (Å²) in [5.41, 5.74) is 10.8. The van der Waals surface area contributed by atoms with Crippen LogP contribution in [0.5, 0.6) is 0 Å². The molecule has 0 bridgehead atoms. The van der Waals surface area contributed by atoms with Gasteiger partial charge in [0.15, 0.2) is 0 Å². The molecule has 0 aliphatic heterocycles. The average Bonchev–Trinajstić information content (AvgIpc) is 3.29. The smallest absolute Gasteiger partial charge is 0.219 e. The van der Waals surface area contributed by atoms with E-state index in [1.807, 2.05) is 19.1 Å². The third kappa shape index (κ3) is 2.80. The summed E-state index contributed by atoms with van der Waals surface area (Å²) in [6.45, 7) is 4.56. The Hall–Kier alpha value is -2.93. The van der Waals surface area contributed by atoms with Crippen molar-refractivity contribution in [2.45, 2.75) is 20.4 Å². The Morgan fingerprint density at radius 3 is 2.81 bits per heavy atom. The third-order valence-corrected chi connectivity index (χ3v) is 5.21. The van der Waals surface area contributed by atoms with Crippen molar-refractivity contribution in [3.05, 3.63) is 40.8 Å². The van der Waals surface area contributed by atoms with Gasteiger partial charge in [-0.2, -0.15) is 11.3 Å². The number of benzene rings is 1. The van der Waals surface area contributed by atoms with Crippen LogP contribution in [0, 0.1) is 0 Å². The maximum absolute atomic E-state index is 11.7. The van der Waals surface area contributed by atoms with Crippen molar-refractivity contribution < 1.29 is 4.79 Å². The highest BCUT2D eigenvalue weighted by Crippen LogP contribution is 2.30. The van der Waals surface area contributed by atoms with Crippen LogP contribution in [0.3, 0.4) is 0 Å². The SMILES string of the molecule is CCN(Cc1nc2c([nH]1)c(N)nc1cc(-c3ccsc3)ccc12)C(C)=O. The normalized spacial score (nSPS) is 11.3. The summed E-state index contributed by atoms with van der Waals surface area (Å²) in [5, 5.41) is 5.11. The molecule has 3 aromatic heterocycles. The molecule has 0 atom stereocenters. The van der Waals surface area contributed by atoms with E-state index < -0.39 is 0 Å². The number of thiophene rings is 1. The fourth-order valence-electron chi connectivity index (χ4n) is 3.12. The molecule has 4 rings (SSSR count). The standard InChI is InChI=1S/C19H19N5OS/c1-3-24(11(2)25)9-16-22-17-14-5-4-12(13-6-7-26-10-13)8-15(14)21-19(20)18(17)23-16/h4-8,10H,3,9H2,1-2H3,(H2,20,21)(H,22,23). The quantitative estimate of drug-likeness (QED) is 0.576. The number of pyridine rings is 1. The molecule has 4 aromatic rings.